The number of carbonyl (C=O) groups is 2. The molecule has 2 atom stereocenters. The summed E-state index contributed by atoms with van der Waals surface area (Å²) < 4.78 is 21.1. The Labute approximate surface area is 123 Å². The molecule has 2 rings (SSSR count). The average Bonchev–Trinajstić information content (AvgIpc) is 2.96. The normalized spacial score (nSPS) is 25.3. The molecular weight excluding hydrogens is 280 g/mol. The minimum Gasteiger partial charge on any atom is -0.451 e. The van der Waals surface area contributed by atoms with Crippen LogP contribution in [0.2, 0.25) is 0 Å². The van der Waals surface area contributed by atoms with Crippen LogP contribution in [0.1, 0.15) is 13.8 Å². The van der Waals surface area contributed by atoms with Gasteiger partial charge in [-0.3, -0.25) is 0 Å². The number of amides is 2. The first kappa shape index (κ1) is 15.6. The Kier molecular flexibility index (Phi) is 4.38. The molecule has 1 aliphatic carbocycles. The Morgan fingerprint density at radius 1 is 0.952 bits per heavy atom. The van der Waals surface area contributed by atoms with E-state index in [1.807, 2.05) is 13.8 Å². The van der Waals surface area contributed by atoms with Crippen molar-refractivity contribution < 1.29 is 28.5 Å². The van der Waals surface area contributed by atoms with Crippen LogP contribution in [-0.2, 0) is 18.9 Å². The van der Waals surface area contributed by atoms with E-state index in [2.05, 4.69) is 0 Å². The molecule has 0 saturated carbocycles. The number of nitrogens with zero attached hydrogens (tertiary/aromatic N) is 2. The molecule has 1 heterocycles. The smallest absolute Gasteiger partial charge is 0.429 e. The van der Waals surface area contributed by atoms with Crippen molar-refractivity contribution in [1.29, 1.82) is 0 Å². The summed E-state index contributed by atoms with van der Waals surface area (Å²) in [4.78, 5) is 24.1. The van der Waals surface area contributed by atoms with Gasteiger partial charge in [-0.2, -0.15) is 0 Å². The molecule has 2 aliphatic rings. The van der Waals surface area contributed by atoms with Crippen molar-refractivity contribution in [2.45, 2.75) is 31.7 Å². The van der Waals surface area contributed by atoms with E-state index in [0.29, 0.717) is 13.2 Å². The Hall–Kier alpha value is -1.80. The van der Waals surface area contributed by atoms with Crippen molar-refractivity contribution in [2.75, 3.05) is 27.4 Å². The van der Waals surface area contributed by atoms with Crippen molar-refractivity contribution in [2.24, 2.45) is 0 Å². The van der Waals surface area contributed by atoms with Gasteiger partial charge in [-0.25, -0.2) is 19.6 Å². The molecule has 1 aliphatic heterocycles. The molecule has 8 nitrogen and oxygen atoms in total. The molecule has 2 amide bonds. The molecule has 8 heteroatoms. The standard InChI is InChI=1S/C13H20N2O6/c1-5-20-13(21-6-2)9-7-8-10(13)15(12(17)19-4)14(9)11(16)18-3/h7-10H,5-6H2,1-4H3. The van der Waals surface area contributed by atoms with Crippen LogP contribution in [0.3, 0.4) is 0 Å². The summed E-state index contributed by atoms with van der Waals surface area (Å²) >= 11 is 0. The number of hydrogen-bond acceptors (Lipinski definition) is 6. The molecule has 21 heavy (non-hydrogen) atoms. The molecule has 2 bridgehead atoms. The topological polar surface area (TPSA) is 77.5 Å². The monoisotopic (exact) mass is 300 g/mol. The molecular formula is C13H20N2O6. The molecule has 1 saturated heterocycles. The van der Waals surface area contributed by atoms with Crippen molar-refractivity contribution in [3.63, 3.8) is 0 Å². The van der Waals surface area contributed by atoms with E-state index >= 15 is 0 Å². The van der Waals surface area contributed by atoms with Gasteiger partial charge >= 0.3 is 12.2 Å². The maximum absolute atomic E-state index is 12.0. The van der Waals surface area contributed by atoms with Crippen LogP contribution in [0.4, 0.5) is 9.59 Å². The zero-order valence-electron chi connectivity index (χ0n) is 12.6. The number of hydrogen-bond donors (Lipinski definition) is 0. The SMILES string of the molecule is CCOC1(OCC)C2C=CC1N(C(=O)OC)N2C(=O)OC. The summed E-state index contributed by atoms with van der Waals surface area (Å²) in [5.74, 6) is -1.13. The van der Waals surface area contributed by atoms with Gasteiger partial charge in [0.1, 0.15) is 12.1 Å². The fourth-order valence-corrected chi connectivity index (χ4v) is 2.85. The molecule has 0 N–H and O–H groups in total. The highest BCUT2D eigenvalue weighted by molar-refractivity contribution is 5.77. The predicted octanol–water partition coefficient (Wildman–Crippen LogP) is 1.13. The summed E-state index contributed by atoms with van der Waals surface area (Å²) in [5.41, 5.74) is 0. The molecule has 118 valence electrons. The third-order valence-electron chi connectivity index (χ3n) is 3.52. The molecule has 0 aromatic rings. The number of rotatable bonds is 4. The van der Waals surface area contributed by atoms with Gasteiger partial charge in [0.2, 0.25) is 5.79 Å². The fraction of sp³-hybridized carbons (Fsp3) is 0.692. The molecule has 1 fully saturated rings. The Bertz CT molecular complexity index is 412. The highest BCUT2D eigenvalue weighted by Gasteiger charge is 2.66. The quantitative estimate of drug-likeness (QED) is 0.572. The van der Waals surface area contributed by atoms with E-state index in [4.69, 9.17) is 18.9 Å². The van der Waals surface area contributed by atoms with Crippen LogP contribution >= 0.6 is 0 Å². The summed E-state index contributed by atoms with van der Waals surface area (Å²) in [7, 11) is 2.49. The molecule has 0 radical (unpaired) electrons. The number of methoxy groups -OCH3 is 2. The van der Waals surface area contributed by atoms with E-state index in [1.165, 1.54) is 24.2 Å². The maximum Gasteiger partial charge on any atom is 0.429 e. The minimum absolute atomic E-state index is 0.374. The van der Waals surface area contributed by atoms with E-state index in [9.17, 15) is 9.59 Å². The third-order valence-corrected chi connectivity index (χ3v) is 3.52. The van der Waals surface area contributed by atoms with E-state index in [0.717, 1.165) is 0 Å². The zero-order valence-corrected chi connectivity index (χ0v) is 12.6. The summed E-state index contributed by atoms with van der Waals surface area (Å²) in [5, 5.41) is 2.34. The highest BCUT2D eigenvalue weighted by atomic mass is 16.7. The van der Waals surface area contributed by atoms with E-state index in [-0.39, 0.29) is 0 Å². The molecule has 0 aromatic carbocycles. The van der Waals surface area contributed by atoms with Crippen LogP contribution < -0.4 is 0 Å². The number of ether oxygens (including phenoxy) is 4. The van der Waals surface area contributed by atoms with Crippen LogP contribution in [0.25, 0.3) is 0 Å². The van der Waals surface area contributed by atoms with Crippen LogP contribution in [0.5, 0.6) is 0 Å². The van der Waals surface area contributed by atoms with Crippen molar-refractivity contribution in [1.82, 2.24) is 10.0 Å². The second-order valence-corrected chi connectivity index (χ2v) is 4.49. The molecule has 0 aromatic heterocycles. The first-order chi connectivity index (χ1) is 10.1. The lowest BCUT2D eigenvalue weighted by atomic mass is 10.1. The van der Waals surface area contributed by atoms with Crippen LogP contribution in [-0.4, -0.2) is 67.5 Å². The Morgan fingerprint density at radius 3 is 1.62 bits per heavy atom. The number of carbonyl (C=O) groups excluding carboxylic acids is 2. The first-order valence-corrected chi connectivity index (χ1v) is 6.77. The lowest BCUT2D eigenvalue weighted by Crippen LogP contribution is -2.51. The van der Waals surface area contributed by atoms with Crippen LogP contribution in [0.15, 0.2) is 12.2 Å². The molecule has 2 unspecified atom stereocenters. The van der Waals surface area contributed by atoms with Gasteiger partial charge in [-0.1, -0.05) is 12.2 Å². The largest absolute Gasteiger partial charge is 0.451 e. The second kappa shape index (κ2) is 5.90. The van der Waals surface area contributed by atoms with Crippen molar-refractivity contribution in [3.05, 3.63) is 12.2 Å². The highest BCUT2D eigenvalue weighted by Crippen LogP contribution is 2.44. The maximum atomic E-state index is 12.0. The number of hydrazine groups is 1. The Balaban J connectivity index is 2.44. The van der Waals surface area contributed by atoms with Gasteiger partial charge in [-0.05, 0) is 13.8 Å². The van der Waals surface area contributed by atoms with E-state index in [1.54, 1.807) is 12.2 Å². The lowest BCUT2D eigenvalue weighted by Gasteiger charge is -2.32. The van der Waals surface area contributed by atoms with Gasteiger partial charge in [0.25, 0.3) is 0 Å². The van der Waals surface area contributed by atoms with Gasteiger partial charge in [0.05, 0.1) is 14.2 Å². The first-order valence-electron chi connectivity index (χ1n) is 6.77. The van der Waals surface area contributed by atoms with Crippen LogP contribution in [0, 0.1) is 0 Å². The van der Waals surface area contributed by atoms with Gasteiger partial charge in [-0.15, -0.1) is 0 Å². The average molecular weight is 300 g/mol. The Morgan fingerprint density at radius 2 is 1.33 bits per heavy atom. The molecule has 0 spiro atoms. The lowest BCUT2D eigenvalue weighted by molar-refractivity contribution is -0.235. The van der Waals surface area contributed by atoms with Crippen molar-refractivity contribution in [3.8, 4) is 0 Å². The van der Waals surface area contributed by atoms with Crippen molar-refractivity contribution >= 4 is 12.2 Å². The fourth-order valence-electron chi connectivity index (χ4n) is 2.85. The van der Waals surface area contributed by atoms with E-state index < -0.39 is 30.1 Å². The second-order valence-electron chi connectivity index (χ2n) is 4.49. The minimum atomic E-state index is -1.13. The van der Waals surface area contributed by atoms with Gasteiger partial charge in [0, 0.05) is 13.2 Å². The van der Waals surface area contributed by atoms with Gasteiger partial charge < -0.3 is 18.9 Å². The summed E-state index contributed by atoms with van der Waals surface area (Å²) in [6, 6.07) is -1.18. The number of fused-ring (bicyclic) bond motifs is 2. The predicted molar refractivity (Wildman–Crippen MR) is 71.2 cm³/mol. The summed E-state index contributed by atoms with van der Waals surface area (Å²) in [6.07, 6.45) is 2.18. The third kappa shape index (κ3) is 2.14. The zero-order chi connectivity index (χ0) is 15.6. The van der Waals surface area contributed by atoms with Gasteiger partial charge in [0.15, 0.2) is 0 Å². The summed E-state index contributed by atoms with van der Waals surface area (Å²) in [6.45, 7) is 4.39.